The molecule has 1 amide bonds. The molecule has 1 saturated heterocycles. The summed E-state index contributed by atoms with van der Waals surface area (Å²) in [6.07, 6.45) is 1.01. The lowest BCUT2D eigenvalue weighted by Gasteiger charge is -2.21. The maximum atomic E-state index is 12.0. The predicted octanol–water partition coefficient (Wildman–Crippen LogP) is 2.11. The number of amides is 1. The zero-order valence-corrected chi connectivity index (χ0v) is 10.8. The molecule has 0 radical (unpaired) electrons. The fourth-order valence-electron chi connectivity index (χ4n) is 1.84. The fraction of sp³-hybridized carbons (Fsp3) is 0.545. The summed E-state index contributed by atoms with van der Waals surface area (Å²) in [6.45, 7) is 4.34. The molecule has 88 valence electrons. The number of nitrogens with one attached hydrogen (secondary N) is 1. The molecule has 1 N–H and O–H groups in total. The summed E-state index contributed by atoms with van der Waals surface area (Å²) in [6, 6.07) is 3.80. The van der Waals surface area contributed by atoms with Crippen LogP contribution in [0.3, 0.4) is 0 Å². The van der Waals surface area contributed by atoms with Crippen molar-refractivity contribution >= 4 is 28.8 Å². The van der Waals surface area contributed by atoms with Crippen molar-refractivity contribution in [3.05, 3.63) is 21.3 Å². The standard InChI is InChI=1S/C11H15ClN2OS/c1-8-11(15)14(6-2-5-13-8)7-9-3-4-10(12)16-9/h3-4,8,13H,2,5-7H2,1H3. The van der Waals surface area contributed by atoms with E-state index in [0.29, 0.717) is 6.54 Å². The number of carbonyl (C=O) groups excluding carboxylic acids is 1. The van der Waals surface area contributed by atoms with Crippen molar-refractivity contribution in [3.63, 3.8) is 0 Å². The Kier molecular flexibility index (Phi) is 3.84. The van der Waals surface area contributed by atoms with E-state index in [1.165, 1.54) is 0 Å². The minimum atomic E-state index is -0.0714. The average molecular weight is 259 g/mol. The molecule has 1 aliphatic rings. The highest BCUT2D eigenvalue weighted by molar-refractivity contribution is 7.16. The molecule has 0 bridgehead atoms. The first-order chi connectivity index (χ1) is 7.66. The minimum absolute atomic E-state index is 0.0714. The summed E-state index contributed by atoms with van der Waals surface area (Å²) in [5, 5.41) is 3.20. The topological polar surface area (TPSA) is 32.3 Å². The zero-order chi connectivity index (χ0) is 11.5. The van der Waals surface area contributed by atoms with Gasteiger partial charge in [-0.1, -0.05) is 11.6 Å². The number of hydrogen-bond donors (Lipinski definition) is 1. The molecule has 0 saturated carbocycles. The van der Waals surface area contributed by atoms with Gasteiger partial charge >= 0.3 is 0 Å². The molecule has 0 aliphatic carbocycles. The van der Waals surface area contributed by atoms with Gasteiger partial charge in [0.2, 0.25) is 5.91 Å². The van der Waals surface area contributed by atoms with E-state index in [2.05, 4.69) is 5.32 Å². The summed E-state index contributed by atoms with van der Waals surface area (Å²) in [5.41, 5.74) is 0. The van der Waals surface area contributed by atoms with Crippen LogP contribution in [0, 0.1) is 0 Å². The zero-order valence-electron chi connectivity index (χ0n) is 9.20. The van der Waals surface area contributed by atoms with Gasteiger partial charge in [0.1, 0.15) is 0 Å². The molecule has 1 unspecified atom stereocenters. The van der Waals surface area contributed by atoms with E-state index in [-0.39, 0.29) is 11.9 Å². The van der Waals surface area contributed by atoms with Gasteiger partial charge in [-0.3, -0.25) is 4.79 Å². The summed E-state index contributed by atoms with van der Waals surface area (Å²) < 4.78 is 0.781. The van der Waals surface area contributed by atoms with Gasteiger partial charge in [-0.2, -0.15) is 0 Å². The number of carbonyl (C=O) groups is 1. The van der Waals surface area contributed by atoms with Gasteiger partial charge in [0, 0.05) is 11.4 Å². The predicted molar refractivity (Wildman–Crippen MR) is 66.8 cm³/mol. The second-order valence-electron chi connectivity index (χ2n) is 3.99. The Labute approximate surface area is 104 Å². The lowest BCUT2D eigenvalue weighted by Crippen LogP contribution is -2.41. The Balaban J connectivity index is 2.04. The van der Waals surface area contributed by atoms with Crippen molar-refractivity contribution in [1.29, 1.82) is 0 Å². The van der Waals surface area contributed by atoms with Crippen molar-refractivity contribution < 1.29 is 4.79 Å². The van der Waals surface area contributed by atoms with Crippen LogP contribution in [-0.2, 0) is 11.3 Å². The van der Waals surface area contributed by atoms with E-state index >= 15 is 0 Å². The maximum Gasteiger partial charge on any atom is 0.239 e. The molecule has 2 rings (SSSR count). The van der Waals surface area contributed by atoms with Crippen LogP contribution < -0.4 is 5.32 Å². The smallest absolute Gasteiger partial charge is 0.239 e. The number of hydrogen-bond acceptors (Lipinski definition) is 3. The second-order valence-corrected chi connectivity index (χ2v) is 5.79. The number of thiophene rings is 1. The Hall–Kier alpha value is -0.580. The third kappa shape index (κ3) is 2.75. The molecule has 1 fully saturated rings. The van der Waals surface area contributed by atoms with E-state index in [0.717, 1.165) is 28.7 Å². The van der Waals surface area contributed by atoms with Gasteiger partial charge < -0.3 is 10.2 Å². The molecule has 1 atom stereocenters. The highest BCUT2D eigenvalue weighted by Crippen LogP contribution is 2.23. The largest absolute Gasteiger partial charge is 0.336 e. The molecular formula is C11H15ClN2OS. The van der Waals surface area contributed by atoms with Gasteiger partial charge in [0.05, 0.1) is 16.9 Å². The fourth-order valence-corrected chi connectivity index (χ4v) is 2.94. The van der Waals surface area contributed by atoms with Crippen molar-refractivity contribution in [2.24, 2.45) is 0 Å². The van der Waals surface area contributed by atoms with Gasteiger partial charge in [0.15, 0.2) is 0 Å². The summed E-state index contributed by atoms with van der Waals surface area (Å²) >= 11 is 7.42. The van der Waals surface area contributed by atoms with Gasteiger partial charge in [-0.25, -0.2) is 0 Å². The molecule has 1 aliphatic heterocycles. The second kappa shape index (κ2) is 5.17. The molecule has 5 heteroatoms. The average Bonchev–Trinajstić information content (AvgIpc) is 2.60. The number of halogens is 1. The van der Waals surface area contributed by atoms with Crippen LogP contribution in [0.15, 0.2) is 12.1 Å². The van der Waals surface area contributed by atoms with Crippen LogP contribution in [0.1, 0.15) is 18.2 Å². The quantitative estimate of drug-likeness (QED) is 0.881. The molecule has 0 spiro atoms. The molecule has 0 aromatic carbocycles. The molecule has 1 aromatic rings. The monoisotopic (exact) mass is 258 g/mol. The first-order valence-corrected chi connectivity index (χ1v) is 6.62. The van der Waals surface area contributed by atoms with Crippen molar-refractivity contribution in [1.82, 2.24) is 10.2 Å². The molecule has 1 aromatic heterocycles. The normalized spacial score (nSPS) is 22.2. The highest BCUT2D eigenvalue weighted by Gasteiger charge is 2.23. The molecular weight excluding hydrogens is 244 g/mol. The van der Waals surface area contributed by atoms with Gasteiger partial charge in [-0.15, -0.1) is 11.3 Å². The van der Waals surface area contributed by atoms with E-state index < -0.39 is 0 Å². The Bertz CT molecular complexity index is 380. The maximum absolute atomic E-state index is 12.0. The SMILES string of the molecule is CC1NCCCN(Cc2ccc(Cl)s2)C1=O. The van der Waals surface area contributed by atoms with Crippen LogP contribution in [0.25, 0.3) is 0 Å². The molecule has 3 nitrogen and oxygen atoms in total. The highest BCUT2D eigenvalue weighted by atomic mass is 35.5. The van der Waals surface area contributed by atoms with Crippen LogP contribution in [0.2, 0.25) is 4.34 Å². The minimum Gasteiger partial charge on any atom is -0.336 e. The Morgan fingerprint density at radius 2 is 2.44 bits per heavy atom. The Morgan fingerprint density at radius 3 is 3.12 bits per heavy atom. The Morgan fingerprint density at radius 1 is 1.62 bits per heavy atom. The van der Waals surface area contributed by atoms with Gasteiger partial charge in [0.25, 0.3) is 0 Å². The summed E-state index contributed by atoms with van der Waals surface area (Å²) in [4.78, 5) is 15.0. The van der Waals surface area contributed by atoms with Gasteiger partial charge in [-0.05, 0) is 32.0 Å². The van der Waals surface area contributed by atoms with Crippen LogP contribution >= 0.6 is 22.9 Å². The lowest BCUT2D eigenvalue weighted by molar-refractivity contribution is -0.132. The third-order valence-corrected chi connectivity index (χ3v) is 3.93. The van der Waals surface area contributed by atoms with Crippen LogP contribution in [0.5, 0.6) is 0 Å². The molecule has 2 heterocycles. The van der Waals surface area contributed by atoms with Crippen LogP contribution in [-0.4, -0.2) is 29.9 Å². The van der Waals surface area contributed by atoms with E-state index in [4.69, 9.17) is 11.6 Å². The van der Waals surface area contributed by atoms with Crippen molar-refractivity contribution in [2.75, 3.05) is 13.1 Å². The number of nitrogens with zero attached hydrogens (tertiary/aromatic N) is 1. The lowest BCUT2D eigenvalue weighted by atomic mass is 10.3. The van der Waals surface area contributed by atoms with E-state index in [1.54, 1.807) is 11.3 Å². The first kappa shape index (κ1) is 11.9. The van der Waals surface area contributed by atoms with Crippen molar-refractivity contribution in [2.45, 2.75) is 25.9 Å². The summed E-state index contributed by atoms with van der Waals surface area (Å²) in [7, 11) is 0. The summed E-state index contributed by atoms with van der Waals surface area (Å²) in [5.74, 6) is 0.182. The van der Waals surface area contributed by atoms with E-state index in [1.807, 2.05) is 24.0 Å². The molecule has 16 heavy (non-hydrogen) atoms. The number of rotatable bonds is 2. The van der Waals surface area contributed by atoms with Crippen LogP contribution in [0.4, 0.5) is 0 Å². The first-order valence-electron chi connectivity index (χ1n) is 5.43. The van der Waals surface area contributed by atoms with Crippen molar-refractivity contribution in [3.8, 4) is 0 Å². The van der Waals surface area contributed by atoms with E-state index in [9.17, 15) is 4.79 Å². The third-order valence-electron chi connectivity index (χ3n) is 2.71.